The summed E-state index contributed by atoms with van der Waals surface area (Å²) in [6.45, 7) is 3.97. The van der Waals surface area contributed by atoms with Crippen molar-refractivity contribution in [3.63, 3.8) is 0 Å². The minimum absolute atomic E-state index is 0.153. The van der Waals surface area contributed by atoms with E-state index in [-0.39, 0.29) is 6.04 Å². The lowest BCUT2D eigenvalue weighted by molar-refractivity contribution is -0.139. The number of pyridine rings is 1. The average Bonchev–Trinajstić information content (AvgIpc) is 2.25. The van der Waals surface area contributed by atoms with Crippen molar-refractivity contribution >= 4 is 21.9 Å². The second-order valence-corrected chi connectivity index (χ2v) is 4.60. The molecule has 2 unspecified atom stereocenters. The van der Waals surface area contributed by atoms with Gasteiger partial charge in [0.1, 0.15) is 6.04 Å². The Balaban J connectivity index is 2.89. The van der Waals surface area contributed by atoms with Crippen LogP contribution in [0.4, 0.5) is 0 Å². The highest BCUT2D eigenvalue weighted by Crippen LogP contribution is 2.18. The van der Waals surface area contributed by atoms with E-state index in [1.165, 1.54) is 0 Å². The first-order valence-electron chi connectivity index (χ1n) is 5.14. The zero-order valence-corrected chi connectivity index (χ0v) is 10.9. The standard InChI is InChI=1S/C11H15BrN2O2/c1-3-7(2)14-10(11(15)16)8-4-9(12)6-13-5-8/h4-7,10,14H,3H2,1-2H3,(H,15,16). The molecular formula is C11H15BrN2O2. The molecule has 1 rings (SSSR count). The Morgan fingerprint density at radius 1 is 1.62 bits per heavy atom. The zero-order chi connectivity index (χ0) is 12.1. The first kappa shape index (κ1) is 13.1. The number of halogens is 1. The highest BCUT2D eigenvalue weighted by Gasteiger charge is 2.21. The Hall–Kier alpha value is -0.940. The van der Waals surface area contributed by atoms with E-state index in [0.29, 0.717) is 5.56 Å². The summed E-state index contributed by atoms with van der Waals surface area (Å²) < 4.78 is 0.780. The molecule has 2 N–H and O–H groups in total. The molecule has 0 aliphatic carbocycles. The third-order valence-electron chi connectivity index (χ3n) is 2.37. The predicted octanol–water partition coefficient (Wildman–Crippen LogP) is 2.36. The van der Waals surface area contributed by atoms with Gasteiger partial charge < -0.3 is 5.11 Å². The molecule has 0 aliphatic heterocycles. The first-order chi connectivity index (χ1) is 7.54. The van der Waals surface area contributed by atoms with Crippen molar-refractivity contribution in [2.24, 2.45) is 0 Å². The van der Waals surface area contributed by atoms with Crippen LogP contribution in [0.5, 0.6) is 0 Å². The van der Waals surface area contributed by atoms with Crippen LogP contribution in [0.25, 0.3) is 0 Å². The summed E-state index contributed by atoms with van der Waals surface area (Å²) in [5.41, 5.74) is 0.655. The molecule has 0 bridgehead atoms. The predicted molar refractivity (Wildman–Crippen MR) is 65.2 cm³/mol. The summed E-state index contributed by atoms with van der Waals surface area (Å²) in [4.78, 5) is 15.1. The van der Waals surface area contributed by atoms with Crippen molar-refractivity contribution in [2.75, 3.05) is 0 Å². The van der Waals surface area contributed by atoms with Crippen molar-refractivity contribution in [3.05, 3.63) is 28.5 Å². The highest BCUT2D eigenvalue weighted by atomic mass is 79.9. The molecule has 0 radical (unpaired) electrons. The van der Waals surface area contributed by atoms with Crippen molar-refractivity contribution in [3.8, 4) is 0 Å². The number of aliphatic carboxylic acids is 1. The lowest BCUT2D eigenvalue weighted by Crippen LogP contribution is -2.35. The minimum atomic E-state index is -0.889. The molecule has 2 atom stereocenters. The SMILES string of the molecule is CCC(C)NC(C(=O)O)c1cncc(Br)c1. The molecule has 0 fully saturated rings. The van der Waals surface area contributed by atoms with Crippen LogP contribution in [0.2, 0.25) is 0 Å². The molecular weight excluding hydrogens is 272 g/mol. The van der Waals surface area contributed by atoms with E-state index in [1.54, 1.807) is 18.5 Å². The molecule has 1 aromatic rings. The van der Waals surface area contributed by atoms with E-state index in [4.69, 9.17) is 5.11 Å². The summed E-state index contributed by atoms with van der Waals surface area (Å²) in [5.74, 6) is -0.889. The van der Waals surface area contributed by atoms with Crippen molar-refractivity contribution < 1.29 is 9.90 Å². The summed E-state index contributed by atoms with van der Waals surface area (Å²) in [7, 11) is 0. The maximum Gasteiger partial charge on any atom is 0.325 e. The first-order valence-corrected chi connectivity index (χ1v) is 5.93. The number of carbonyl (C=O) groups is 1. The van der Waals surface area contributed by atoms with E-state index in [2.05, 4.69) is 26.2 Å². The van der Waals surface area contributed by atoms with Crippen LogP contribution in [-0.2, 0) is 4.79 Å². The number of nitrogens with zero attached hydrogens (tertiary/aromatic N) is 1. The lowest BCUT2D eigenvalue weighted by Gasteiger charge is -2.19. The van der Waals surface area contributed by atoms with Gasteiger partial charge in [0.25, 0.3) is 0 Å². The number of hydrogen-bond acceptors (Lipinski definition) is 3. The fraction of sp³-hybridized carbons (Fsp3) is 0.455. The molecule has 0 saturated carbocycles. The van der Waals surface area contributed by atoms with Crippen molar-refractivity contribution in [1.29, 1.82) is 0 Å². The number of hydrogen-bond donors (Lipinski definition) is 2. The van der Waals surface area contributed by atoms with Crippen LogP contribution < -0.4 is 5.32 Å². The quantitative estimate of drug-likeness (QED) is 0.872. The summed E-state index contributed by atoms with van der Waals surface area (Å²) in [6.07, 6.45) is 4.08. The Labute approximate surface area is 103 Å². The van der Waals surface area contributed by atoms with Crippen LogP contribution in [-0.4, -0.2) is 22.1 Å². The number of carboxylic acid groups (broad SMARTS) is 1. The number of aromatic nitrogens is 1. The molecule has 0 aromatic carbocycles. The van der Waals surface area contributed by atoms with Gasteiger partial charge in [0.05, 0.1) is 0 Å². The number of carboxylic acids is 1. The number of nitrogens with one attached hydrogen (secondary N) is 1. The van der Waals surface area contributed by atoms with Gasteiger partial charge in [0.2, 0.25) is 0 Å². The van der Waals surface area contributed by atoms with Crippen LogP contribution in [0.1, 0.15) is 31.9 Å². The second-order valence-electron chi connectivity index (χ2n) is 3.68. The molecule has 0 saturated heterocycles. The normalized spacial score (nSPS) is 14.4. The lowest BCUT2D eigenvalue weighted by atomic mass is 10.1. The van der Waals surface area contributed by atoms with Gasteiger partial charge in [-0.2, -0.15) is 0 Å². The van der Waals surface area contributed by atoms with E-state index >= 15 is 0 Å². The van der Waals surface area contributed by atoms with Gasteiger partial charge in [-0.15, -0.1) is 0 Å². The fourth-order valence-electron chi connectivity index (χ4n) is 1.30. The Kier molecular flexibility index (Phi) is 4.89. The fourth-order valence-corrected chi connectivity index (χ4v) is 1.68. The molecule has 1 heterocycles. The summed E-state index contributed by atoms with van der Waals surface area (Å²) in [6, 6.07) is 1.21. The average molecular weight is 287 g/mol. The molecule has 0 spiro atoms. The Morgan fingerprint density at radius 3 is 2.81 bits per heavy atom. The van der Waals surface area contributed by atoms with E-state index in [1.807, 2.05) is 13.8 Å². The monoisotopic (exact) mass is 286 g/mol. The molecule has 88 valence electrons. The van der Waals surface area contributed by atoms with Crippen LogP contribution in [0.3, 0.4) is 0 Å². The topological polar surface area (TPSA) is 62.2 Å². The van der Waals surface area contributed by atoms with Gasteiger partial charge in [0, 0.05) is 22.9 Å². The molecule has 1 aromatic heterocycles. The van der Waals surface area contributed by atoms with Crippen LogP contribution in [0, 0.1) is 0 Å². The maximum atomic E-state index is 11.2. The number of rotatable bonds is 5. The molecule has 0 aliphatic rings. The Bertz CT molecular complexity index is 371. The van der Waals surface area contributed by atoms with Gasteiger partial charge in [0.15, 0.2) is 0 Å². The van der Waals surface area contributed by atoms with Crippen LogP contribution >= 0.6 is 15.9 Å². The molecule has 4 nitrogen and oxygen atoms in total. The Morgan fingerprint density at radius 2 is 2.31 bits per heavy atom. The van der Waals surface area contributed by atoms with E-state index in [0.717, 1.165) is 10.9 Å². The van der Waals surface area contributed by atoms with Gasteiger partial charge in [-0.05, 0) is 40.9 Å². The highest BCUT2D eigenvalue weighted by molar-refractivity contribution is 9.10. The van der Waals surface area contributed by atoms with Gasteiger partial charge in [-0.3, -0.25) is 15.1 Å². The van der Waals surface area contributed by atoms with Crippen molar-refractivity contribution in [2.45, 2.75) is 32.4 Å². The van der Waals surface area contributed by atoms with Gasteiger partial charge in [-0.1, -0.05) is 6.92 Å². The van der Waals surface area contributed by atoms with E-state index in [9.17, 15) is 4.79 Å². The van der Waals surface area contributed by atoms with Gasteiger partial charge >= 0.3 is 5.97 Å². The van der Waals surface area contributed by atoms with E-state index < -0.39 is 12.0 Å². The summed E-state index contributed by atoms with van der Waals surface area (Å²) in [5, 5.41) is 12.2. The third-order valence-corrected chi connectivity index (χ3v) is 2.80. The van der Waals surface area contributed by atoms with Gasteiger partial charge in [-0.25, -0.2) is 0 Å². The second kappa shape index (κ2) is 5.96. The molecule has 5 heteroatoms. The van der Waals surface area contributed by atoms with Crippen molar-refractivity contribution in [1.82, 2.24) is 10.3 Å². The zero-order valence-electron chi connectivity index (χ0n) is 9.27. The third kappa shape index (κ3) is 3.57. The smallest absolute Gasteiger partial charge is 0.325 e. The molecule has 16 heavy (non-hydrogen) atoms. The maximum absolute atomic E-state index is 11.2. The summed E-state index contributed by atoms with van der Waals surface area (Å²) >= 11 is 3.28. The largest absolute Gasteiger partial charge is 0.480 e. The minimum Gasteiger partial charge on any atom is -0.480 e. The van der Waals surface area contributed by atoms with Crippen LogP contribution in [0.15, 0.2) is 22.9 Å². The molecule has 0 amide bonds.